The zero-order valence-electron chi connectivity index (χ0n) is 10.1. The van der Waals surface area contributed by atoms with Gasteiger partial charge in [0.15, 0.2) is 0 Å². The van der Waals surface area contributed by atoms with E-state index in [2.05, 4.69) is 15.5 Å². The zero-order chi connectivity index (χ0) is 14.7. The van der Waals surface area contributed by atoms with Gasteiger partial charge in [0.25, 0.3) is 5.69 Å². The number of rotatable bonds is 4. The predicted octanol–water partition coefficient (Wildman–Crippen LogP) is 4.11. The first-order chi connectivity index (χ1) is 9.49. The summed E-state index contributed by atoms with van der Waals surface area (Å²) in [7, 11) is 0. The second-order valence-electron chi connectivity index (χ2n) is 3.72. The molecule has 104 valence electrons. The Bertz CT molecular complexity index is 687. The molecule has 0 atom stereocenters. The van der Waals surface area contributed by atoms with Gasteiger partial charge >= 0.3 is 0 Å². The highest BCUT2D eigenvalue weighted by Crippen LogP contribution is 2.31. The third-order valence-corrected chi connectivity index (χ3v) is 3.87. The molecule has 0 saturated carbocycles. The lowest BCUT2D eigenvalue weighted by Gasteiger charge is -2.02. The lowest BCUT2D eigenvalue weighted by molar-refractivity contribution is -0.384. The molecule has 1 aromatic heterocycles. The van der Waals surface area contributed by atoms with Gasteiger partial charge in [-0.05, 0) is 13.0 Å². The molecule has 0 saturated heterocycles. The van der Waals surface area contributed by atoms with Crippen molar-refractivity contribution in [3.8, 4) is 0 Å². The van der Waals surface area contributed by atoms with Crippen LogP contribution in [-0.4, -0.2) is 16.1 Å². The molecule has 2 rings (SSSR count). The van der Waals surface area contributed by atoms with Crippen molar-refractivity contribution in [3.63, 3.8) is 0 Å². The van der Waals surface area contributed by atoms with E-state index in [1.165, 1.54) is 29.7 Å². The predicted molar refractivity (Wildman–Crippen MR) is 81.2 cm³/mol. The van der Waals surface area contributed by atoms with E-state index in [1.807, 2.05) is 12.3 Å². The Labute approximate surface area is 128 Å². The van der Waals surface area contributed by atoms with Crippen molar-refractivity contribution in [2.75, 3.05) is 5.43 Å². The van der Waals surface area contributed by atoms with Crippen molar-refractivity contribution in [1.29, 1.82) is 0 Å². The number of benzene rings is 1. The van der Waals surface area contributed by atoms with Crippen molar-refractivity contribution in [1.82, 2.24) is 4.98 Å². The number of halogens is 2. The molecule has 1 heterocycles. The van der Waals surface area contributed by atoms with E-state index in [-0.39, 0.29) is 21.3 Å². The smallest absolute Gasteiger partial charge is 0.258 e. The van der Waals surface area contributed by atoms with Gasteiger partial charge in [-0.25, -0.2) is 4.98 Å². The van der Waals surface area contributed by atoms with Crippen LogP contribution in [0, 0.1) is 17.0 Å². The third kappa shape index (κ3) is 3.24. The van der Waals surface area contributed by atoms with Crippen molar-refractivity contribution < 1.29 is 4.92 Å². The highest BCUT2D eigenvalue weighted by atomic mass is 35.5. The molecule has 0 aliphatic rings. The van der Waals surface area contributed by atoms with Gasteiger partial charge in [0.1, 0.15) is 5.02 Å². The van der Waals surface area contributed by atoms with E-state index < -0.39 is 4.92 Å². The summed E-state index contributed by atoms with van der Waals surface area (Å²) in [6.07, 6.45) is 1.33. The molecule has 0 radical (unpaired) electrons. The Hall–Kier alpha value is -1.70. The second kappa shape index (κ2) is 6.17. The van der Waals surface area contributed by atoms with Crippen LogP contribution < -0.4 is 5.43 Å². The van der Waals surface area contributed by atoms with E-state index in [1.54, 1.807) is 0 Å². The van der Waals surface area contributed by atoms with Gasteiger partial charge in [-0.2, -0.15) is 5.10 Å². The SMILES string of the molecule is Cc1csc(NN=Cc2c(Cl)ccc([N+](=O)[O-])c2Cl)n1. The molecule has 6 nitrogen and oxygen atoms in total. The maximum atomic E-state index is 10.8. The zero-order valence-corrected chi connectivity index (χ0v) is 12.5. The number of nitro groups is 1. The van der Waals surface area contributed by atoms with Crippen molar-refractivity contribution in [2.24, 2.45) is 5.10 Å². The van der Waals surface area contributed by atoms with Crippen molar-refractivity contribution >= 4 is 51.6 Å². The first-order valence-corrected chi connectivity index (χ1v) is 6.96. The van der Waals surface area contributed by atoms with Gasteiger partial charge in [0.05, 0.1) is 21.9 Å². The molecular weight excluding hydrogens is 323 g/mol. The molecule has 1 aromatic carbocycles. The number of hydrogen-bond acceptors (Lipinski definition) is 6. The molecule has 0 aliphatic heterocycles. The molecule has 0 spiro atoms. The summed E-state index contributed by atoms with van der Waals surface area (Å²) in [6.45, 7) is 1.86. The minimum Gasteiger partial charge on any atom is -0.258 e. The number of hydrazone groups is 1. The highest BCUT2D eigenvalue weighted by Gasteiger charge is 2.17. The third-order valence-electron chi connectivity index (χ3n) is 2.28. The summed E-state index contributed by atoms with van der Waals surface area (Å²) in [6, 6.07) is 2.65. The quantitative estimate of drug-likeness (QED) is 0.519. The van der Waals surface area contributed by atoms with E-state index >= 15 is 0 Å². The summed E-state index contributed by atoms with van der Waals surface area (Å²) in [5.41, 5.74) is 3.64. The van der Waals surface area contributed by atoms with Crippen LogP contribution in [0.3, 0.4) is 0 Å². The average molecular weight is 331 g/mol. The number of thiazole rings is 1. The van der Waals surface area contributed by atoms with Crippen LogP contribution in [0.4, 0.5) is 10.8 Å². The van der Waals surface area contributed by atoms with Crippen LogP contribution in [0.25, 0.3) is 0 Å². The van der Waals surface area contributed by atoms with Gasteiger partial charge in [0.2, 0.25) is 5.13 Å². The Morgan fingerprint density at radius 2 is 2.25 bits per heavy atom. The lowest BCUT2D eigenvalue weighted by atomic mass is 10.2. The van der Waals surface area contributed by atoms with Crippen molar-refractivity contribution in [3.05, 3.63) is 48.9 Å². The lowest BCUT2D eigenvalue weighted by Crippen LogP contribution is -1.96. The van der Waals surface area contributed by atoms with Crippen LogP contribution in [0.5, 0.6) is 0 Å². The van der Waals surface area contributed by atoms with E-state index in [4.69, 9.17) is 23.2 Å². The number of nitrogens with one attached hydrogen (secondary N) is 1. The first-order valence-electron chi connectivity index (χ1n) is 5.32. The Balaban J connectivity index is 2.24. The molecule has 20 heavy (non-hydrogen) atoms. The molecule has 0 fully saturated rings. The van der Waals surface area contributed by atoms with Crippen LogP contribution in [-0.2, 0) is 0 Å². The van der Waals surface area contributed by atoms with Gasteiger partial charge < -0.3 is 0 Å². The maximum absolute atomic E-state index is 10.8. The summed E-state index contributed by atoms with van der Waals surface area (Å²) in [5.74, 6) is 0. The number of aryl methyl sites for hydroxylation is 1. The number of aromatic nitrogens is 1. The molecule has 9 heteroatoms. The average Bonchev–Trinajstić information content (AvgIpc) is 2.78. The number of nitrogens with zero attached hydrogens (tertiary/aromatic N) is 3. The Morgan fingerprint density at radius 3 is 2.85 bits per heavy atom. The van der Waals surface area contributed by atoms with Gasteiger partial charge in [-0.15, -0.1) is 11.3 Å². The van der Waals surface area contributed by atoms with Gasteiger partial charge in [-0.1, -0.05) is 23.2 Å². The molecule has 0 amide bonds. The number of nitro benzene ring substituents is 1. The summed E-state index contributed by atoms with van der Waals surface area (Å²) >= 11 is 13.3. The molecule has 1 N–H and O–H groups in total. The van der Waals surface area contributed by atoms with E-state index in [9.17, 15) is 10.1 Å². The Kier molecular flexibility index (Phi) is 4.53. The summed E-state index contributed by atoms with van der Waals surface area (Å²) in [5, 5.41) is 17.4. The monoisotopic (exact) mass is 330 g/mol. The number of anilines is 1. The first kappa shape index (κ1) is 14.7. The normalized spacial score (nSPS) is 10.9. The Morgan fingerprint density at radius 1 is 1.50 bits per heavy atom. The van der Waals surface area contributed by atoms with E-state index in [0.717, 1.165) is 5.69 Å². The van der Waals surface area contributed by atoms with Crippen LogP contribution in [0.15, 0.2) is 22.6 Å². The largest absolute Gasteiger partial charge is 0.288 e. The molecule has 0 bridgehead atoms. The fourth-order valence-corrected chi connectivity index (χ4v) is 2.55. The van der Waals surface area contributed by atoms with Gasteiger partial charge in [-0.3, -0.25) is 15.5 Å². The van der Waals surface area contributed by atoms with Crippen LogP contribution >= 0.6 is 34.5 Å². The van der Waals surface area contributed by atoms with Gasteiger partial charge in [0, 0.05) is 17.0 Å². The molecule has 0 unspecified atom stereocenters. The fraction of sp³-hybridized carbons (Fsp3) is 0.0909. The summed E-state index contributed by atoms with van der Waals surface area (Å²) < 4.78 is 0. The standard InChI is InChI=1S/C11H8Cl2N4O2S/c1-6-5-20-11(15-6)16-14-4-7-8(12)2-3-9(10(7)13)17(18)19/h2-5H,1H3,(H,15,16). The van der Waals surface area contributed by atoms with Crippen molar-refractivity contribution in [2.45, 2.75) is 6.92 Å². The minimum atomic E-state index is -0.576. The molecular formula is C11H8Cl2N4O2S. The van der Waals surface area contributed by atoms with Crippen LogP contribution in [0.1, 0.15) is 11.3 Å². The van der Waals surface area contributed by atoms with Crippen LogP contribution in [0.2, 0.25) is 10.0 Å². The van der Waals surface area contributed by atoms with E-state index in [0.29, 0.717) is 5.13 Å². The summed E-state index contributed by atoms with van der Waals surface area (Å²) in [4.78, 5) is 14.4. The molecule has 0 aliphatic carbocycles. The minimum absolute atomic E-state index is 0.0524. The molecule has 2 aromatic rings. The maximum Gasteiger partial charge on any atom is 0.288 e. The topological polar surface area (TPSA) is 80.4 Å². The number of hydrogen-bond donors (Lipinski definition) is 1. The highest BCUT2D eigenvalue weighted by molar-refractivity contribution is 7.13. The fourth-order valence-electron chi connectivity index (χ4n) is 1.37. The second-order valence-corrected chi connectivity index (χ2v) is 5.36.